The van der Waals surface area contributed by atoms with Crippen LogP contribution in [0.25, 0.3) is 10.9 Å². The zero-order chi connectivity index (χ0) is 24.3. The molecular weight excluding hydrogens is 460 g/mol. The van der Waals surface area contributed by atoms with E-state index in [1.54, 1.807) is 4.31 Å². The summed E-state index contributed by atoms with van der Waals surface area (Å²) >= 11 is 0. The molecule has 1 amide bonds. The molecule has 2 fully saturated rings. The largest absolute Gasteiger partial charge is 0.340 e. The van der Waals surface area contributed by atoms with Gasteiger partial charge >= 0.3 is 0 Å². The number of amides is 1. The molecule has 0 aliphatic carbocycles. The number of fused-ring (bicyclic) bond motifs is 1. The van der Waals surface area contributed by atoms with Crippen LogP contribution in [0.1, 0.15) is 24.0 Å². The molecule has 7 nitrogen and oxygen atoms in total. The molecule has 2 saturated heterocycles. The summed E-state index contributed by atoms with van der Waals surface area (Å²) in [6.07, 6.45) is 3.02. The molecule has 5 rings (SSSR count). The molecule has 3 heterocycles. The molecular formula is C27H32N4O3S. The highest BCUT2D eigenvalue weighted by Gasteiger charge is 2.34. The van der Waals surface area contributed by atoms with E-state index in [9.17, 15) is 13.2 Å². The van der Waals surface area contributed by atoms with Crippen molar-refractivity contribution in [2.24, 2.45) is 5.92 Å². The van der Waals surface area contributed by atoms with E-state index < -0.39 is 10.0 Å². The molecule has 0 bridgehead atoms. The number of piperazine rings is 1. The van der Waals surface area contributed by atoms with Gasteiger partial charge in [-0.05, 0) is 30.0 Å². The van der Waals surface area contributed by atoms with Gasteiger partial charge in [-0.2, -0.15) is 0 Å². The second kappa shape index (κ2) is 10.4. The average Bonchev–Trinajstić information content (AvgIpc) is 2.89. The van der Waals surface area contributed by atoms with Crippen molar-refractivity contribution in [2.75, 3.05) is 39.3 Å². The first-order valence-electron chi connectivity index (χ1n) is 12.4. The number of carbonyl (C=O) groups is 1. The van der Waals surface area contributed by atoms with Crippen molar-refractivity contribution in [3.05, 3.63) is 78.0 Å². The summed E-state index contributed by atoms with van der Waals surface area (Å²) in [5, 5.41) is 1.15. The molecule has 0 saturated carbocycles. The van der Waals surface area contributed by atoms with E-state index in [1.807, 2.05) is 47.5 Å². The number of hydrogen-bond acceptors (Lipinski definition) is 5. The number of pyridine rings is 1. The van der Waals surface area contributed by atoms with E-state index in [0.29, 0.717) is 39.0 Å². The summed E-state index contributed by atoms with van der Waals surface area (Å²) in [5.74, 6) is 0.101. The van der Waals surface area contributed by atoms with E-state index in [-0.39, 0.29) is 17.6 Å². The highest BCUT2D eigenvalue weighted by atomic mass is 32.2. The van der Waals surface area contributed by atoms with Crippen LogP contribution < -0.4 is 0 Å². The lowest BCUT2D eigenvalue weighted by atomic mass is 9.96. The molecule has 184 valence electrons. The Kier molecular flexibility index (Phi) is 7.13. The summed E-state index contributed by atoms with van der Waals surface area (Å²) in [5.41, 5.74) is 3.05. The van der Waals surface area contributed by atoms with Crippen molar-refractivity contribution in [2.45, 2.75) is 25.1 Å². The zero-order valence-corrected chi connectivity index (χ0v) is 20.7. The smallest absolute Gasteiger partial charge is 0.225 e. The van der Waals surface area contributed by atoms with Crippen molar-refractivity contribution in [1.82, 2.24) is 19.1 Å². The van der Waals surface area contributed by atoms with Crippen LogP contribution in [0, 0.1) is 5.92 Å². The highest BCUT2D eigenvalue weighted by molar-refractivity contribution is 7.88. The van der Waals surface area contributed by atoms with Crippen molar-refractivity contribution in [3.63, 3.8) is 0 Å². The molecule has 8 heteroatoms. The fourth-order valence-electron chi connectivity index (χ4n) is 5.18. The van der Waals surface area contributed by atoms with Crippen LogP contribution >= 0.6 is 0 Å². The summed E-state index contributed by atoms with van der Waals surface area (Å²) < 4.78 is 27.2. The SMILES string of the molecule is O=C(C1CCN(S(=O)(=O)Cc2ccccc2)CC1)N1CCN(Cc2cccc3cccnc23)CC1. The molecule has 3 aromatic rings. The Morgan fingerprint density at radius 2 is 1.57 bits per heavy atom. The summed E-state index contributed by atoms with van der Waals surface area (Å²) in [6, 6.07) is 19.6. The first-order valence-corrected chi connectivity index (χ1v) is 14.0. The van der Waals surface area contributed by atoms with Gasteiger partial charge in [-0.3, -0.25) is 14.7 Å². The van der Waals surface area contributed by atoms with Gasteiger partial charge in [0.15, 0.2) is 0 Å². The number of piperidine rings is 1. The quantitative estimate of drug-likeness (QED) is 0.529. The van der Waals surface area contributed by atoms with Gasteiger partial charge in [-0.25, -0.2) is 12.7 Å². The lowest BCUT2D eigenvalue weighted by Crippen LogP contribution is -2.51. The molecule has 0 spiro atoms. The van der Waals surface area contributed by atoms with E-state index in [4.69, 9.17) is 0 Å². The second-order valence-electron chi connectivity index (χ2n) is 9.51. The predicted molar refractivity (Wildman–Crippen MR) is 137 cm³/mol. The van der Waals surface area contributed by atoms with Gasteiger partial charge in [0, 0.05) is 63.3 Å². The minimum Gasteiger partial charge on any atom is -0.340 e. The van der Waals surface area contributed by atoms with Gasteiger partial charge in [-0.1, -0.05) is 54.6 Å². The number of nitrogens with zero attached hydrogens (tertiary/aromatic N) is 4. The van der Waals surface area contributed by atoms with Crippen LogP contribution in [-0.2, 0) is 27.1 Å². The zero-order valence-electron chi connectivity index (χ0n) is 19.9. The Morgan fingerprint density at radius 3 is 2.31 bits per heavy atom. The molecule has 2 aliphatic heterocycles. The number of hydrogen-bond donors (Lipinski definition) is 0. The number of aromatic nitrogens is 1. The standard InChI is InChI=1S/C27H32N4O3S/c32-27(24-11-14-31(15-12-24)35(33,34)21-22-6-2-1-3-7-22)30-18-16-29(17-19-30)20-25-9-4-8-23-10-5-13-28-26(23)25/h1-10,13,24H,11-12,14-21H2. The summed E-state index contributed by atoms with van der Waals surface area (Å²) in [4.78, 5) is 22.1. The van der Waals surface area contributed by atoms with E-state index in [2.05, 4.69) is 34.1 Å². The van der Waals surface area contributed by atoms with E-state index in [1.165, 1.54) is 5.56 Å². The van der Waals surface area contributed by atoms with Gasteiger partial charge < -0.3 is 4.90 Å². The van der Waals surface area contributed by atoms with Crippen LogP contribution in [0.2, 0.25) is 0 Å². The van der Waals surface area contributed by atoms with Gasteiger partial charge in [-0.15, -0.1) is 0 Å². The van der Waals surface area contributed by atoms with Crippen LogP contribution in [0.5, 0.6) is 0 Å². The third-order valence-electron chi connectivity index (χ3n) is 7.18. The van der Waals surface area contributed by atoms with Crippen molar-refractivity contribution in [1.29, 1.82) is 0 Å². The molecule has 1 aromatic heterocycles. The highest BCUT2D eigenvalue weighted by Crippen LogP contribution is 2.24. The van der Waals surface area contributed by atoms with Gasteiger partial charge in [0.05, 0.1) is 11.3 Å². The average molecular weight is 493 g/mol. The summed E-state index contributed by atoms with van der Waals surface area (Å²) in [7, 11) is -3.37. The lowest BCUT2D eigenvalue weighted by Gasteiger charge is -2.38. The third kappa shape index (κ3) is 5.55. The number of carbonyl (C=O) groups excluding carboxylic acids is 1. The molecule has 0 unspecified atom stereocenters. The normalized spacial score (nSPS) is 18.7. The Bertz CT molecular complexity index is 1260. The van der Waals surface area contributed by atoms with Gasteiger partial charge in [0.25, 0.3) is 0 Å². The van der Waals surface area contributed by atoms with Crippen LogP contribution in [0.4, 0.5) is 0 Å². The molecule has 35 heavy (non-hydrogen) atoms. The topological polar surface area (TPSA) is 73.8 Å². The van der Waals surface area contributed by atoms with E-state index >= 15 is 0 Å². The number of benzene rings is 2. The van der Waals surface area contributed by atoms with Crippen molar-refractivity contribution < 1.29 is 13.2 Å². The van der Waals surface area contributed by atoms with Gasteiger partial charge in [0.2, 0.25) is 15.9 Å². The fraction of sp³-hybridized carbons (Fsp3) is 0.407. The monoisotopic (exact) mass is 492 g/mol. The Labute approximate surface area is 207 Å². The molecule has 2 aromatic carbocycles. The maximum absolute atomic E-state index is 13.2. The number of rotatable bonds is 6. The first-order chi connectivity index (χ1) is 17.0. The first kappa shape index (κ1) is 23.9. The molecule has 0 atom stereocenters. The number of sulfonamides is 1. The molecule has 0 N–H and O–H groups in total. The maximum atomic E-state index is 13.2. The Hall–Kier alpha value is -2.81. The second-order valence-corrected chi connectivity index (χ2v) is 11.5. The van der Waals surface area contributed by atoms with E-state index in [0.717, 1.165) is 36.1 Å². The maximum Gasteiger partial charge on any atom is 0.225 e. The Morgan fingerprint density at radius 1 is 0.857 bits per heavy atom. The third-order valence-corrected chi connectivity index (χ3v) is 9.03. The minimum absolute atomic E-state index is 0.0145. The van der Waals surface area contributed by atoms with Gasteiger partial charge in [0.1, 0.15) is 0 Å². The van der Waals surface area contributed by atoms with Crippen molar-refractivity contribution >= 4 is 26.8 Å². The molecule has 2 aliphatic rings. The fourth-order valence-corrected chi connectivity index (χ4v) is 6.74. The lowest BCUT2D eigenvalue weighted by molar-refractivity contribution is -0.138. The van der Waals surface area contributed by atoms with Crippen LogP contribution in [0.3, 0.4) is 0 Å². The summed E-state index contributed by atoms with van der Waals surface area (Å²) in [6.45, 7) is 4.75. The Balaban J connectivity index is 1.11. The minimum atomic E-state index is -3.37. The van der Waals surface area contributed by atoms with Crippen LogP contribution in [0.15, 0.2) is 66.9 Å². The predicted octanol–water partition coefficient (Wildman–Crippen LogP) is 3.12. The molecule has 0 radical (unpaired) electrons. The van der Waals surface area contributed by atoms with Crippen LogP contribution in [-0.4, -0.2) is 72.7 Å². The number of para-hydroxylation sites is 1. The van der Waals surface area contributed by atoms with Crippen molar-refractivity contribution in [3.8, 4) is 0 Å².